The second-order valence-electron chi connectivity index (χ2n) is 11.8. The highest BCUT2D eigenvalue weighted by Gasteiger charge is 2.47. The molecule has 0 fully saturated rings. The summed E-state index contributed by atoms with van der Waals surface area (Å²) in [4.78, 5) is 0. The van der Waals surface area contributed by atoms with E-state index in [4.69, 9.17) is 9.47 Å². The summed E-state index contributed by atoms with van der Waals surface area (Å²) in [5, 5.41) is 2.63. The predicted octanol–water partition coefficient (Wildman–Crippen LogP) is 10.2. The first-order valence-electron chi connectivity index (χ1n) is 15.6. The van der Waals surface area contributed by atoms with Crippen molar-refractivity contribution in [2.75, 3.05) is 0 Å². The Morgan fingerprint density at radius 2 is 0.957 bits per heavy atom. The van der Waals surface area contributed by atoms with E-state index < -0.39 is 5.41 Å². The Hall–Kier alpha value is -5.43. The van der Waals surface area contributed by atoms with Crippen LogP contribution in [0.4, 0.5) is 0 Å². The summed E-state index contributed by atoms with van der Waals surface area (Å²) in [6.07, 6.45) is 0. The third-order valence-corrected chi connectivity index (χ3v) is 10.4. The number of ether oxygens (including phenoxy) is 2. The summed E-state index contributed by atoms with van der Waals surface area (Å²) in [5.41, 5.74) is 9.08. The molecule has 2 nitrogen and oxygen atoms in total. The fourth-order valence-corrected chi connectivity index (χ4v) is 8.26. The van der Waals surface area contributed by atoms with Gasteiger partial charge in [0.25, 0.3) is 0 Å². The smallest absolute Gasteiger partial charge is 0.170 e. The molecule has 1 aliphatic carbocycles. The Kier molecular flexibility index (Phi) is 6.37. The first-order chi connectivity index (χ1) is 22.8. The van der Waals surface area contributed by atoms with Crippen molar-refractivity contribution >= 4 is 19.2 Å². The molecule has 1 unspecified atom stereocenters. The van der Waals surface area contributed by atoms with Crippen LogP contribution in [0.2, 0.25) is 0 Å². The minimum absolute atomic E-state index is 0.484. The van der Waals surface area contributed by atoms with Crippen molar-refractivity contribution < 1.29 is 9.47 Å². The monoisotopic (exact) mass is 608 g/mol. The van der Waals surface area contributed by atoms with Gasteiger partial charge in [-0.3, -0.25) is 0 Å². The summed E-state index contributed by atoms with van der Waals surface area (Å²) in [7, 11) is 0.607. The maximum atomic E-state index is 6.66. The number of hydrogen-bond donors (Lipinski definition) is 0. The Bertz CT molecular complexity index is 2190. The van der Waals surface area contributed by atoms with Crippen LogP contribution in [0, 0.1) is 0 Å². The van der Waals surface area contributed by atoms with Gasteiger partial charge in [-0.05, 0) is 85.4 Å². The molecule has 0 spiro atoms. The number of fused-ring (bicyclic) bond motifs is 5. The van der Waals surface area contributed by atoms with Gasteiger partial charge in [0.2, 0.25) is 0 Å². The molecule has 218 valence electrons. The van der Waals surface area contributed by atoms with E-state index in [1.807, 2.05) is 6.07 Å². The molecular weight excluding hydrogens is 579 g/mol. The molecule has 1 atom stereocenters. The fraction of sp³-hybridized carbons (Fsp3) is 0.0233. The van der Waals surface area contributed by atoms with Crippen LogP contribution < -0.4 is 20.1 Å². The second kappa shape index (κ2) is 10.9. The molecule has 0 bridgehead atoms. The van der Waals surface area contributed by atoms with Crippen LogP contribution in [0.25, 0.3) is 22.3 Å². The lowest BCUT2D eigenvalue weighted by Gasteiger charge is -2.34. The van der Waals surface area contributed by atoms with Crippen LogP contribution in [0.5, 0.6) is 23.0 Å². The van der Waals surface area contributed by atoms with Crippen molar-refractivity contribution in [3.8, 4) is 45.3 Å². The van der Waals surface area contributed by atoms with E-state index in [9.17, 15) is 0 Å². The summed E-state index contributed by atoms with van der Waals surface area (Å²) in [6, 6.07) is 60.4. The van der Waals surface area contributed by atoms with Crippen LogP contribution in [0.15, 0.2) is 170 Å². The Labute approximate surface area is 270 Å². The molecule has 0 radical (unpaired) electrons. The number of rotatable bonds is 5. The van der Waals surface area contributed by atoms with Gasteiger partial charge in [0.1, 0.15) is 0 Å². The van der Waals surface area contributed by atoms with Gasteiger partial charge in [0.05, 0.1) is 5.41 Å². The first kappa shape index (κ1) is 26.9. The summed E-state index contributed by atoms with van der Waals surface area (Å²) >= 11 is 0. The Balaban J connectivity index is 1.14. The van der Waals surface area contributed by atoms with Crippen molar-refractivity contribution in [2.45, 2.75) is 5.41 Å². The van der Waals surface area contributed by atoms with Crippen molar-refractivity contribution in [2.24, 2.45) is 0 Å². The minimum atomic E-state index is -0.484. The molecule has 9 rings (SSSR count). The standard InChI is InChI=1S/C43H29O2P/c1-4-14-31(15-5-1)43(32-16-6-2-7-17-32)37-22-11-10-21-35(37)36-27-41-42(28-38(36)43)44-39-24-23-30(26-40(39)45-41)29-13-12-20-34(25-29)46-33-18-8-3-9-19-33/h1-28,46H. The Morgan fingerprint density at radius 1 is 0.370 bits per heavy atom. The normalized spacial score (nSPS) is 13.7. The molecule has 2 aliphatic rings. The molecule has 7 aromatic rings. The van der Waals surface area contributed by atoms with E-state index in [1.54, 1.807) is 0 Å². The van der Waals surface area contributed by atoms with Crippen molar-refractivity contribution in [1.82, 2.24) is 0 Å². The summed E-state index contributed by atoms with van der Waals surface area (Å²) < 4.78 is 13.3. The van der Waals surface area contributed by atoms with Crippen molar-refractivity contribution in [1.29, 1.82) is 0 Å². The van der Waals surface area contributed by atoms with Gasteiger partial charge in [-0.25, -0.2) is 0 Å². The average Bonchev–Trinajstić information content (AvgIpc) is 3.40. The molecule has 0 amide bonds. The predicted molar refractivity (Wildman–Crippen MR) is 190 cm³/mol. The molecule has 1 heterocycles. The van der Waals surface area contributed by atoms with E-state index in [2.05, 4.69) is 164 Å². The molecule has 0 saturated carbocycles. The van der Waals surface area contributed by atoms with Crippen LogP contribution in [-0.2, 0) is 5.41 Å². The molecule has 3 heteroatoms. The van der Waals surface area contributed by atoms with E-state index in [-0.39, 0.29) is 0 Å². The maximum Gasteiger partial charge on any atom is 0.170 e. The lowest BCUT2D eigenvalue weighted by atomic mass is 9.67. The zero-order valence-electron chi connectivity index (χ0n) is 25.0. The lowest BCUT2D eigenvalue weighted by molar-refractivity contribution is 0.359. The second-order valence-corrected chi connectivity index (χ2v) is 13.2. The molecule has 0 aromatic heterocycles. The zero-order valence-corrected chi connectivity index (χ0v) is 26.0. The molecule has 0 N–H and O–H groups in total. The highest BCUT2D eigenvalue weighted by atomic mass is 31.1. The molecule has 7 aromatic carbocycles. The van der Waals surface area contributed by atoms with Crippen LogP contribution in [-0.4, -0.2) is 0 Å². The lowest BCUT2D eigenvalue weighted by Crippen LogP contribution is -2.28. The van der Waals surface area contributed by atoms with Gasteiger partial charge < -0.3 is 9.47 Å². The maximum absolute atomic E-state index is 6.66. The first-order valence-corrected chi connectivity index (χ1v) is 16.6. The fourth-order valence-electron chi connectivity index (χ4n) is 7.16. The highest BCUT2D eigenvalue weighted by Crippen LogP contribution is 2.59. The van der Waals surface area contributed by atoms with Gasteiger partial charge in [-0.1, -0.05) is 148 Å². The zero-order chi connectivity index (χ0) is 30.5. The van der Waals surface area contributed by atoms with Gasteiger partial charge in [-0.2, -0.15) is 0 Å². The van der Waals surface area contributed by atoms with E-state index in [0.29, 0.717) is 8.58 Å². The third-order valence-electron chi connectivity index (χ3n) is 9.16. The van der Waals surface area contributed by atoms with Gasteiger partial charge in [-0.15, -0.1) is 0 Å². The van der Waals surface area contributed by atoms with Crippen LogP contribution >= 0.6 is 8.58 Å². The quantitative estimate of drug-likeness (QED) is 0.181. The summed E-state index contributed by atoms with van der Waals surface area (Å²) in [6.45, 7) is 0. The molecule has 1 aliphatic heterocycles. The summed E-state index contributed by atoms with van der Waals surface area (Å²) in [5.74, 6) is 2.91. The van der Waals surface area contributed by atoms with E-state index >= 15 is 0 Å². The molecular formula is C43H29O2P. The SMILES string of the molecule is c1ccc(Pc2cccc(-c3ccc4c(c3)Oc3cc5c(cc3O4)C(c3ccccc3)(c3ccccc3)c3ccccc3-5)c2)cc1. The number of hydrogen-bond acceptors (Lipinski definition) is 2. The molecule has 46 heavy (non-hydrogen) atoms. The largest absolute Gasteiger partial charge is 0.450 e. The van der Waals surface area contributed by atoms with Gasteiger partial charge in [0, 0.05) is 0 Å². The highest BCUT2D eigenvalue weighted by molar-refractivity contribution is 7.55. The average molecular weight is 609 g/mol. The minimum Gasteiger partial charge on any atom is -0.450 e. The van der Waals surface area contributed by atoms with Crippen molar-refractivity contribution in [3.05, 3.63) is 192 Å². The number of benzene rings is 7. The third kappa shape index (κ3) is 4.30. The topological polar surface area (TPSA) is 18.5 Å². The van der Waals surface area contributed by atoms with Crippen LogP contribution in [0.1, 0.15) is 22.3 Å². The van der Waals surface area contributed by atoms with Crippen LogP contribution in [0.3, 0.4) is 0 Å². The molecule has 0 saturated heterocycles. The van der Waals surface area contributed by atoms with E-state index in [0.717, 1.165) is 34.1 Å². The van der Waals surface area contributed by atoms with Gasteiger partial charge >= 0.3 is 0 Å². The van der Waals surface area contributed by atoms with Crippen molar-refractivity contribution in [3.63, 3.8) is 0 Å². The van der Waals surface area contributed by atoms with E-state index in [1.165, 1.54) is 44.0 Å². The Morgan fingerprint density at radius 3 is 1.72 bits per heavy atom. The van der Waals surface area contributed by atoms with Gasteiger partial charge in [0.15, 0.2) is 23.0 Å².